The molecule has 358 valence electrons. The molecule has 3 aromatic carbocycles. The van der Waals surface area contributed by atoms with Gasteiger partial charge in [-0.15, -0.1) is 11.3 Å². The number of aromatic nitrogens is 5. The van der Waals surface area contributed by atoms with Gasteiger partial charge in [-0.3, -0.25) is 14.2 Å². The van der Waals surface area contributed by atoms with Gasteiger partial charge in [-0.25, -0.2) is 23.9 Å². The second-order valence-electron chi connectivity index (χ2n) is 18.6. The first-order chi connectivity index (χ1) is 33.3. The Bertz CT molecular complexity index is 3070. The molecule has 0 aliphatic carbocycles. The van der Waals surface area contributed by atoms with E-state index in [2.05, 4.69) is 72.6 Å². The van der Waals surface area contributed by atoms with E-state index >= 15 is 4.39 Å². The largest absolute Gasteiger partial charge is 0.464 e. The second kappa shape index (κ2) is 18.4. The third-order valence-corrected chi connectivity index (χ3v) is 14.7. The fraction of sp³-hybridized carbons (Fsp3) is 0.373. The molecule has 0 spiro atoms. The number of carbonyl (C=O) groups is 4. The van der Waals surface area contributed by atoms with Crippen LogP contribution < -0.4 is 15.4 Å². The summed E-state index contributed by atoms with van der Waals surface area (Å²) < 4.78 is 35.1. The van der Waals surface area contributed by atoms with E-state index in [0.717, 1.165) is 66.8 Å². The first kappa shape index (κ1) is 45.6. The second-order valence-corrected chi connectivity index (χ2v) is 19.8. The van der Waals surface area contributed by atoms with Gasteiger partial charge in [0.2, 0.25) is 18.0 Å². The highest BCUT2D eigenvalue weighted by atomic mass is 32.1. The molecule has 3 aliphatic rings. The number of carbonyl (C=O) groups excluding carboxylic acids is 4. The number of amides is 4. The van der Waals surface area contributed by atoms with Crippen molar-refractivity contribution in [1.82, 2.24) is 44.9 Å². The van der Waals surface area contributed by atoms with Crippen LogP contribution in [0, 0.1) is 11.8 Å². The zero-order valence-corrected chi connectivity index (χ0v) is 39.9. The number of alkyl carbamates (subject to hydrolysis) is 2. The maximum absolute atomic E-state index is 15.1. The SMILES string of the molecule is COC(=O)N[C@H](C(=O)N1CCC[C@H]1c1ncc(-c2ccc3c(c2)cc2n3C(c3cc4ccccc4s3)Oc3cc(-c4cnc([C@@H]5C[C@@H](F)CN5C(=O)[C@@H](NC(=O)OC)C(C)C)[nH]4)ccc3-2)[nH]1)C(C)C. The molecule has 4 N–H and O–H groups in total. The minimum absolute atomic E-state index is 0.0658. The molecule has 0 radical (unpaired) electrons. The normalized spacial score (nSPS) is 19.7. The first-order valence-corrected chi connectivity index (χ1v) is 24.1. The predicted molar refractivity (Wildman–Crippen MR) is 259 cm³/mol. The van der Waals surface area contributed by atoms with Gasteiger partial charge in [-0.1, -0.05) is 58.0 Å². The number of H-pyrrole nitrogens is 2. The Morgan fingerprint density at radius 2 is 1.42 bits per heavy atom. The minimum Gasteiger partial charge on any atom is -0.464 e. The van der Waals surface area contributed by atoms with Crippen LogP contribution >= 0.6 is 11.3 Å². The van der Waals surface area contributed by atoms with E-state index < -0.39 is 48.6 Å². The highest BCUT2D eigenvalue weighted by Crippen LogP contribution is 2.48. The number of benzene rings is 3. The summed E-state index contributed by atoms with van der Waals surface area (Å²) in [5, 5.41) is 7.45. The van der Waals surface area contributed by atoms with Crippen molar-refractivity contribution in [2.75, 3.05) is 27.3 Å². The Morgan fingerprint density at radius 3 is 2.09 bits per heavy atom. The number of thiophene rings is 1. The van der Waals surface area contributed by atoms with Crippen molar-refractivity contribution in [2.45, 2.75) is 83.5 Å². The smallest absolute Gasteiger partial charge is 0.407 e. The lowest BCUT2D eigenvalue weighted by atomic mass is 10.0. The number of nitrogens with one attached hydrogen (secondary N) is 4. The summed E-state index contributed by atoms with van der Waals surface area (Å²) in [6.45, 7) is 7.86. The Morgan fingerprint density at radius 1 is 0.783 bits per heavy atom. The van der Waals surface area contributed by atoms with Crippen LogP contribution in [0.3, 0.4) is 0 Å². The van der Waals surface area contributed by atoms with Crippen molar-refractivity contribution < 1.29 is 37.8 Å². The van der Waals surface area contributed by atoms with Crippen LogP contribution in [0.5, 0.6) is 5.75 Å². The van der Waals surface area contributed by atoms with Crippen LogP contribution in [0.4, 0.5) is 14.0 Å². The van der Waals surface area contributed by atoms with Crippen LogP contribution in [-0.2, 0) is 19.1 Å². The van der Waals surface area contributed by atoms with Gasteiger partial charge < -0.3 is 44.6 Å². The number of hydrogen-bond donors (Lipinski definition) is 4. The van der Waals surface area contributed by atoms with Gasteiger partial charge in [0.15, 0.2) is 0 Å². The molecule has 2 fully saturated rings. The third-order valence-electron chi connectivity index (χ3n) is 13.6. The molecule has 69 heavy (non-hydrogen) atoms. The molecule has 2 saturated heterocycles. The summed E-state index contributed by atoms with van der Waals surface area (Å²) in [6, 6.07) is 22.4. The summed E-state index contributed by atoms with van der Waals surface area (Å²) in [5.74, 6) is 0.833. The summed E-state index contributed by atoms with van der Waals surface area (Å²) in [4.78, 5) is 72.6. The van der Waals surface area contributed by atoms with E-state index in [1.54, 1.807) is 22.4 Å². The van der Waals surface area contributed by atoms with E-state index in [1.165, 1.54) is 19.1 Å². The zero-order chi connectivity index (χ0) is 48.2. The zero-order valence-electron chi connectivity index (χ0n) is 39.1. The van der Waals surface area contributed by atoms with Crippen molar-refractivity contribution in [3.8, 4) is 39.5 Å². The molecule has 18 heteroatoms. The summed E-state index contributed by atoms with van der Waals surface area (Å²) >= 11 is 1.68. The monoisotopic (exact) mass is 955 g/mol. The molecule has 7 heterocycles. The molecule has 7 aromatic rings. The van der Waals surface area contributed by atoms with Gasteiger partial charge in [0.25, 0.3) is 0 Å². The molecule has 4 amide bonds. The van der Waals surface area contributed by atoms with Crippen molar-refractivity contribution in [1.29, 1.82) is 0 Å². The highest BCUT2D eigenvalue weighted by Gasteiger charge is 2.42. The summed E-state index contributed by atoms with van der Waals surface area (Å²) in [5.41, 5.74) is 6.07. The van der Waals surface area contributed by atoms with E-state index in [1.807, 2.05) is 64.2 Å². The van der Waals surface area contributed by atoms with E-state index in [9.17, 15) is 19.2 Å². The van der Waals surface area contributed by atoms with Gasteiger partial charge in [0, 0.05) is 39.7 Å². The molecule has 1 unspecified atom stereocenters. The molecule has 0 bridgehead atoms. The Labute approximate surface area is 401 Å². The maximum atomic E-state index is 15.1. The number of alkyl halides is 1. The van der Waals surface area contributed by atoms with Crippen LogP contribution in [0.1, 0.15) is 81.8 Å². The molecule has 6 atom stereocenters. The van der Waals surface area contributed by atoms with Crippen LogP contribution in [0.2, 0.25) is 0 Å². The lowest BCUT2D eigenvalue weighted by molar-refractivity contribution is -0.136. The number of halogens is 1. The molecular weight excluding hydrogens is 902 g/mol. The van der Waals surface area contributed by atoms with E-state index in [4.69, 9.17) is 19.2 Å². The van der Waals surface area contributed by atoms with Crippen LogP contribution in [0.25, 0.3) is 54.8 Å². The average molecular weight is 956 g/mol. The standard InChI is InChI=1S/C51H54FN9O7S/c1-26(2)43(57-50(64)66-5)47(62)59-17-9-11-37(59)45-53-23-34(55-45)28-14-16-36-31(18-28)19-38-33-15-13-29(20-40(33)68-49(61(36)38)42-21-30-10-7-8-12-41(30)69-42)35-24-54-46(56-35)39-22-32(52)25-60(39)48(63)44(27(3)4)58-51(65)67-6/h7-8,10,12-16,18-21,23-24,26-27,32,37,39,43-44,49H,9,11,17,22,25H2,1-6H3,(H,53,55)(H,54,56)(H,57,64)(H,58,65)/t32-,37+,39+,43+,44+,49?/m1/s1. The Hall–Kier alpha value is -7.21. The van der Waals surface area contributed by atoms with Gasteiger partial charge in [-0.05, 0) is 72.5 Å². The molecule has 0 saturated carbocycles. The number of hydrogen-bond acceptors (Lipinski definition) is 10. The van der Waals surface area contributed by atoms with Gasteiger partial charge in [0.1, 0.15) is 35.7 Å². The minimum atomic E-state index is -1.26. The fourth-order valence-electron chi connectivity index (χ4n) is 10.0. The molecule has 3 aliphatic heterocycles. The number of methoxy groups -OCH3 is 2. The number of fused-ring (bicyclic) bond motifs is 6. The van der Waals surface area contributed by atoms with Crippen molar-refractivity contribution in [2.24, 2.45) is 11.8 Å². The van der Waals surface area contributed by atoms with Gasteiger partial charge in [0.05, 0.1) is 72.7 Å². The van der Waals surface area contributed by atoms with Crippen LogP contribution in [0.15, 0.2) is 85.2 Å². The lowest BCUT2D eigenvalue weighted by Crippen LogP contribution is -2.51. The number of imidazole rings is 2. The Kier molecular flexibility index (Phi) is 12.1. The van der Waals surface area contributed by atoms with Crippen LogP contribution in [-0.4, -0.2) is 104 Å². The van der Waals surface area contributed by atoms with E-state index in [-0.39, 0.29) is 36.8 Å². The maximum Gasteiger partial charge on any atom is 0.407 e. The average Bonchev–Trinajstić information content (AvgIpc) is 4.22. The Balaban J connectivity index is 0.967. The predicted octanol–water partition coefficient (Wildman–Crippen LogP) is 9.28. The third kappa shape index (κ3) is 8.44. The quantitative estimate of drug-likeness (QED) is 0.0980. The van der Waals surface area contributed by atoms with Crippen molar-refractivity contribution >= 4 is 56.3 Å². The number of ether oxygens (including phenoxy) is 3. The number of rotatable bonds is 11. The molecule has 16 nitrogen and oxygen atoms in total. The summed E-state index contributed by atoms with van der Waals surface area (Å²) in [6.07, 6.45) is 1.98. The molecule has 10 rings (SSSR count). The number of nitrogens with zero attached hydrogens (tertiary/aromatic N) is 5. The van der Waals surface area contributed by atoms with E-state index in [0.29, 0.717) is 29.6 Å². The van der Waals surface area contributed by atoms with Crippen molar-refractivity contribution in [3.05, 3.63) is 102 Å². The van der Waals surface area contributed by atoms with Gasteiger partial charge in [-0.2, -0.15) is 0 Å². The molecular formula is C51H54FN9O7S. The number of likely N-dealkylation sites (tertiary alicyclic amines) is 2. The summed E-state index contributed by atoms with van der Waals surface area (Å²) in [7, 11) is 2.52. The molecule has 4 aromatic heterocycles. The topological polar surface area (TPSA) is 189 Å². The lowest BCUT2D eigenvalue weighted by Gasteiger charge is -2.30. The van der Waals surface area contributed by atoms with Crippen molar-refractivity contribution in [3.63, 3.8) is 0 Å². The fourth-order valence-corrected chi connectivity index (χ4v) is 11.1. The van der Waals surface area contributed by atoms with Gasteiger partial charge >= 0.3 is 12.2 Å². The highest BCUT2D eigenvalue weighted by molar-refractivity contribution is 7.19. The first-order valence-electron chi connectivity index (χ1n) is 23.3. The number of aromatic amines is 2.